The highest BCUT2D eigenvalue weighted by atomic mass is 16.5. The average molecular weight is 247 g/mol. The third-order valence-electron chi connectivity index (χ3n) is 2.45. The average Bonchev–Trinajstić information content (AvgIpc) is 2.81. The summed E-state index contributed by atoms with van der Waals surface area (Å²) in [6.45, 7) is 0.292. The number of nitrogens with one attached hydrogen (secondary N) is 2. The molecule has 6 heteroatoms. The SMILES string of the molecule is NC(=O)OCCNC(=O)c1ccc2[nH]ccc2c1. The van der Waals surface area contributed by atoms with Gasteiger partial charge in [0.15, 0.2) is 0 Å². The molecule has 0 aliphatic rings. The molecule has 2 rings (SSSR count). The lowest BCUT2D eigenvalue weighted by molar-refractivity contribution is 0.0937. The molecular weight excluding hydrogens is 234 g/mol. The number of aromatic amines is 1. The fourth-order valence-electron chi connectivity index (χ4n) is 1.61. The first-order chi connectivity index (χ1) is 8.66. The Balaban J connectivity index is 1.93. The largest absolute Gasteiger partial charge is 0.448 e. The molecule has 2 amide bonds. The summed E-state index contributed by atoms with van der Waals surface area (Å²) in [5.41, 5.74) is 6.33. The van der Waals surface area contributed by atoms with Gasteiger partial charge in [-0.1, -0.05) is 0 Å². The van der Waals surface area contributed by atoms with Crippen molar-refractivity contribution in [2.24, 2.45) is 5.73 Å². The topological polar surface area (TPSA) is 97.2 Å². The molecule has 6 nitrogen and oxygen atoms in total. The molecule has 0 aliphatic heterocycles. The van der Waals surface area contributed by atoms with Gasteiger partial charge in [-0.25, -0.2) is 4.79 Å². The van der Waals surface area contributed by atoms with E-state index in [0.717, 1.165) is 10.9 Å². The van der Waals surface area contributed by atoms with Crippen LogP contribution in [0.5, 0.6) is 0 Å². The van der Waals surface area contributed by atoms with Gasteiger partial charge in [-0.3, -0.25) is 4.79 Å². The van der Waals surface area contributed by atoms with E-state index in [1.807, 2.05) is 18.3 Å². The standard InChI is InChI=1S/C12H13N3O3/c13-12(17)18-6-5-15-11(16)9-1-2-10-8(7-9)3-4-14-10/h1-4,7,14H,5-6H2,(H2,13,17)(H,15,16). The fourth-order valence-corrected chi connectivity index (χ4v) is 1.61. The molecule has 0 fully saturated rings. The van der Waals surface area contributed by atoms with Crippen molar-refractivity contribution in [3.8, 4) is 0 Å². The molecule has 1 aromatic heterocycles. The molecule has 0 saturated carbocycles. The van der Waals surface area contributed by atoms with E-state index in [2.05, 4.69) is 15.0 Å². The monoisotopic (exact) mass is 247 g/mol. The van der Waals surface area contributed by atoms with Crippen molar-refractivity contribution in [1.29, 1.82) is 0 Å². The minimum atomic E-state index is -0.849. The normalized spacial score (nSPS) is 10.2. The summed E-state index contributed by atoms with van der Waals surface area (Å²) in [7, 11) is 0. The Morgan fingerprint density at radius 3 is 2.94 bits per heavy atom. The van der Waals surface area contributed by atoms with Crippen LogP contribution in [-0.2, 0) is 4.74 Å². The number of amides is 2. The highest BCUT2D eigenvalue weighted by Crippen LogP contribution is 2.13. The van der Waals surface area contributed by atoms with Crippen LogP contribution in [0.1, 0.15) is 10.4 Å². The lowest BCUT2D eigenvalue weighted by Gasteiger charge is -2.05. The van der Waals surface area contributed by atoms with Crippen LogP contribution in [-0.4, -0.2) is 30.1 Å². The van der Waals surface area contributed by atoms with Gasteiger partial charge in [0, 0.05) is 22.7 Å². The molecule has 18 heavy (non-hydrogen) atoms. The number of H-pyrrole nitrogens is 1. The Kier molecular flexibility index (Phi) is 3.47. The third-order valence-corrected chi connectivity index (χ3v) is 2.45. The number of hydrogen-bond donors (Lipinski definition) is 3. The van der Waals surface area contributed by atoms with E-state index < -0.39 is 6.09 Å². The maximum atomic E-state index is 11.8. The number of fused-ring (bicyclic) bond motifs is 1. The second-order valence-corrected chi connectivity index (χ2v) is 3.70. The minimum absolute atomic E-state index is 0.0630. The summed E-state index contributed by atoms with van der Waals surface area (Å²) < 4.78 is 4.51. The van der Waals surface area contributed by atoms with Crippen LogP contribution in [0.25, 0.3) is 10.9 Å². The van der Waals surface area contributed by atoms with Crippen LogP contribution >= 0.6 is 0 Å². The Morgan fingerprint density at radius 1 is 1.33 bits per heavy atom. The van der Waals surface area contributed by atoms with Gasteiger partial charge in [0.1, 0.15) is 6.61 Å². The lowest BCUT2D eigenvalue weighted by atomic mass is 10.1. The van der Waals surface area contributed by atoms with Crippen LogP contribution in [0.3, 0.4) is 0 Å². The maximum Gasteiger partial charge on any atom is 0.404 e. The van der Waals surface area contributed by atoms with E-state index in [-0.39, 0.29) is 19.1 Å². The summed E-state index contributed by atoms with van der Waals surface area (Å²) in [6.07, 6.45) is 0.963. The van der Waals surface area contributed by atoms with Gasteiger partial charge >= 0.3 is 6.09 Å². The number of carbonyl (C=O) groups excluding carboxylic acids is 2. The quantitative estimate of drug-likeness (QED) is 0.703. The molecule has 0 spiro atoms. The lowest BCUT2D eigenvalue weighted by Crippen LogP contribution is -2.28. The zero-order chi connectivity index (χ0) is 13.0. The van der Waals surface area contributed by atoms with Gasteiger partial charge in [-0.15, -0.1) is 0 Å². The van der Waals surface area contributed by atoms with Gasteiger partial charge in [0.25, 0.3) is 5.91 Å². The molecule has 1 heterocycles. The minimum Gasteiger partial charge on any atom is -0.448 e. The first kappa shape index (κ1) is 12.0. The van der Waals surface area contributed by atoms with Crippen LogP contribution in [0.4, 0.5) is 4.79 Å². The number of nitrogens with two attached hydrogens (primary N) is 1. The number of ether oxygens (including phenoxy) is 1. The highest BCUT2D eigenvalue weighted by molar-refractivity contribution is 5.98. The summed E-state index contributed by atoms with van der Waals surface area (Å²) in [6, 6.07) is 7.24. The smallest absolute Gasteiger partial charge is 0.404 e. The molecule has 1 aromatic carbocycles. The van der Waals surface area contributed by atoms with Crippen molar-refractivity contribution in [2.75, 3.05) is 13.2 Å². The molecule has 2 aromatic rings. The summed E-state index contributed by atoms with van der Waals surface area (Å²) in [5.74, 6) is -0.217. The molecule has 0 saturated heterocycles. The Morgan fingerprint density at radius 2 is 2.17 bits per heavy atom. The van der Waals surface area contributed by atoms with E-state index >= 15 is 0 Å². The van der Waals surface area contributed by atoms with E-state index in [1.165, 1.54) is 0 Å². The molecule has 4 N–H and O–H groups in total. The Bertz CT molecular complexity index is 577. The van der Waals surface area contributed by atoms with Gasteiger partial charge < -0.3 is 20.8 Å². The van der Waals surface area contributed by atoms with E-state index in [4.69, 9.17) is 5.73 Å². The summed E-state index contributed by atoms with van der Waals surface area (Å²) >= 11 is 0. The third kappa shape index (κ3) is 2.79. The fraction of sp³-hybridized carbons (Fsp3) is 0.167. The van der Waals surface area contributed by atoms with Gasteiger partial charge in [-0.2, -0.15) is 0 Å². The van der Waals surface area contributed by atoms with Gasteiger partial charge in [0.05, 0.1) is 6.54 Å². The second-order valence-electron chi connectivity index (χ2n) is 3.70. The van der Waals surface area contributed by atoms with Crippen molar-refractivity contribution in [3.05, 3.63) is 36.0 Å². The van der Waals surface area contributed by atoms with Crippen molar-refractivity contribution in [1.82, 2.24) is 10.3 Å². The summed E-state index contributed by atoms with van der Waals surface area (Å²) in [5, 5.41) is 3.60. The van der Waals surface area contributed by atoms with E-state index in [9.17, 15) is 9.59 Å². The molecule has 0 aliphatic carbocycles. The maximum absolute atomic E-state index is 11.8. The second kappa shape index (κ2) is 5.22. The summed E-state index contributed by atoms with van der Waals surface area (Å²) in [4.78, 5) is 25.1. The van der Waals surface area contributed by atoms with Crippen LogP contribution in [0.15, 0.2) is 30.5 Å². The predicted octanol–water partition coefficient (Wildman–Crippen LogP) is 0.993. The van der Waals surface area contributed by atoms with Crippen LogP contribution in [0.2, 0.25) is 0 Å². The molecule has 0 unspecified atom stereocenters. The van der Waals surface area contributed by atoms with Crippen LogP contribution in [0, 0.1) is 0 Å². The molecule has 0 radical (unpaired) electrons. The molecule has 0 bridgehead atoms. The molecular formula is C12H13N3O3. The highest BCUT2D eigenvalue weighted by Gasteiger charge is 2.06. The molecule has 94 valence electrons. The number of carbonyl (C=O) groups is 2. The van der Waals surface area contributed by atoms with Crippen molar-refractivity contribution < 1.29 is 14.3 Å². The number of hydrogen-bond acceptors (Lipinski definition) is 3. The number of aromatic nitrogens is 1. The van der Waals surface area contributed by atoms with Gasteiger partial charge in [0.2, 0.25) is 0 Å². The van der Waals surface area contributed by atoms with Crippen LogP contribution < -0.4 is 11.1 Å². The van der Waals surface area contributed by atoms with E-state index in [1.54, 1.807) is 12.1 Å². The zero-order valence-electron chi connectivity index (χ0n) is 9.60. The first-order valence-electron chi connectivity index (χ1n) is 5.44. The Labute approximate surface area is 103 Å². The van der Waals surface area contributed by atoms with Crippen molar-refractivity contribution >= 4 is 22.9 Å². The van der Waals surface area contributed by atoms with Gasteiger partial charge in [-0.05, 0) is 24.3 Å². The number of primary amides is 1. The number of rotatable bonds is 4. The Hall–Kier alpha value is -2.50. The van der Waals surface area contributed by atoms with E-state index in [0.29, 0.717) is 5.56 Å². The number of benzene rings is 1. The predicted molar refractivity (Wildman–Crippen MR) is 66.2 cm³/mol. The van der Waals surface area contributed by atoms with Crippen molar-refractivity contribution in [3.63, 3.8) is 0 Å². The van der Waals surface area contributed by atoms with Crippen molar-refractivity contribution in [2.45, 2.75) is 0 Å². The first-order valence-corrected chi connectivity index (χ1v) is 5.44. The zero-order valence-corrected chi connectivity index (χ0v) is 9.60. The molecule has 0 atom stereocenters.